The van der Waals surface area contributed by atoms with E-state index >= 15 is 0 Å². The zero-order valence-electron chi connectivity index (χ0n) is 15.1. The Hall–Kier alpha value is -2.08. The second-order valence-corrected chi connectivity index (χ2v) is 7.46. The Morgan fingerprint density at radius 3 is 2.04 bits per heavy atom. The lowest BCUT2D eigenvalue weighted by Crippen LogP contribution is -2.38. The topological polar surface area (TPSA) is 78.8 Å². The van der Waals surface area contributed by atoms with E-state index in [0.29, 0.717) is 10.6 Å². The summed E-state index contributed by atoms with van der Waals surface area (Å²) in [4.78, 5) is 11.6. The van der Waals surface area contributed by atoms with Gasteiger partial charge in [0.05, 0.1) is 0 Å². The summed E-state index contributed by atoms with van der Waals surface area (Å²) in [5.74, 6) is 0. The van der Waals surface area contributed by atoms with Crippen LogP contribution in [0.3, 0.4) is 0 Å². The quantitative estimate of drug-likeness (QED) is 0.737. The van der Waals surface area contributed by atoms with Gasteiger partial charge >= 0.3 is 6.09 Å². The van der Waals surface area contributed by atoms with Gasteiger partial charge in [-0.1, -0.05) is 48.0 Å². The normalized spacial score (nSPS) is 13.8. The maximum Gasteiger partial charge on any atom is 0.407 e. The van der Waals surface area contributed by atoms with Gasteiger partial charge in [-0.2, -0.15) is 0 Å². The highest BCUT2D eigenvalue weighted by molar-refractivity contribution is 6.30. The summed E-state index contributed by atoms with van der Waals surface area (Å²) in [5.41, 5.74) is 1.91. The van der Waals surface area contributed by atoms with Gasteiger partial charge in [0.2, 0.25) is 0 Å². The third kappa shape index (κ3) is 6.02. The molecule has 2 rings (SSSR count). The summed E-state index contributed by atoms with van der Waals surface area (Å²) < 4.78 is 5.09. The molecule has 0 spiro atoms. The number of hydrogen-bond donors (Lipinski definition) is 3. The molecule has 1 amide bonds. The van der Waals surface area contributed by atoms with E-state index in [-0.39, 0.29) is 6.54 Å². The van der Waals surface area contributed by atoms with Crippen LogP contribution in [0.4, 0.5) is 4.79 Å². The van der Waals surface area contributed by atoms with Gasteiger partial charge in [0, 0.05) is 11.6 Å². The Kier molecular flexibility index (Phi) is 6.64. The predicted octanol–water partition coefficient (Wildman–Crippen LogP) is 3.93. The lowest BCUT2D eigenvalue weighted by Gasteiger charge is -2.22. The lowest BCUT2D eigenvalue weighted by molar-refractivity contribution is 0.0129. The van der Waals surface area contributed by atoms with Gasteiger partial charge in [-0.25, -0.2) is 4.79 Å². The van der Waals surface area contributed by atoms with Crippen LogP contribution in [0.5, 0.6) is 0 Å². The molecule has 2 aromatic rings. The lowest BCUT2D eigenvalue weighted by atomic mass is 9.99. The van der Waals surface area contributed by atoms with Gasteiger partial charge in [0.1, 0.15) is 17.8 Å². The highest BCUT2D eigenvalue weighted by Crippen LogP contribution is 2.24. The standard InChI is InChI=1S/C20H24ClNO4/c1-20(2,3)26-19(25)22-12-17(23)18(24)15-6-4-13(5-7-15)14-8-10-16(21)11-9-14/h4-11,17-18,23-24H,12H2,1-3H3,(H,22,25). The van der Waals surface area contributed by atoms with E-state index in [0.717, 1.165) is 11.1 Å². The van der Waals surface area contributed by atoms with E-state index in [1.54, 1.807) is 32.9 Å². The molecule has 0 saturated heterocycles. The fourth-order valence-corrected chi connectivity index (χ4v) is 2.48. The maximum atomic E-state index is 11.6. The smallest absolute Gasteiger partial charge is 0.407 e. The number of rotatable bonds is 5. The number of aliphatic hydroxyl groups is 2. The molecule has 0 heterocycles. The number of hydrogen-bond acceptors (Lipinski definition) is 4. The summed E-state index contributed by atoms with van der Waals surface area (Å²) in [5, 5.41) is 23.5. The van der Waals surface area contributed by atoms with Gasteiger partial charge in [-0.3, -0.25) is 0 Å². The summed E-state index contributed by atoms with van der Waals surface area (Å²) in [6.45, 7) is 5.13. The second-order valence-electron chi connectivity index (χ2n) is 7.02. The highest BCUT2D eigenvalue weighted by atomic mass is 35.5. The number of carbonyl (C=O) groups excluding carboxylic acids is 1. The number of ether oxygens (including phenoxy) is 1. The average molecular weight is 378 g/mol. The summed E-state index contributed by atoms with van der Waals surface area (Å²) in [6.07, 6.45) is -2.91. The molecule has 140 valence electrons. The molecule has 3 N–H and O–H groups in total. The zero-order chi connectivity index (χ0) is 19.3. The Labute approximate surface area is 158 Å². The average Bonchev–Trinajstić information content (AvgIpc) is 2.58. The minimum absolute atomic E-state index is 0.116. The van der Waals surface area contributed by atoms with Crippen LogP contribution >= 0.6 is 11.6 Å². The van der Waals surface area contributed by atoms with Crippen molar-refractivity contribution in [2.75, 3.05) is 6.54 Å². The van der Waals surface area contributed by atoms with Crippen LogP contribution < -0.4 is 5.32 Å². The maximum absolute atomic E-state index is 11.6. The molecule has 0 saturated carbocycles. The first-order valence-corrected chi connectivity index (χ1v) is 8.72. The van der Waals surface area contributed by atoms with Crippen molar-refractivity contribution in [3.05, 3.63) is 59.1 Å². The molecule has 26 heavy (non-hydrogen) atoms. The fourth-order valence-electron chi connectivity index (χ4n) is 2.35. The first-order chi connectivity index (χ1) is 12.2. The largest absolute Gasteiger partial charge is 0.444 e. The molecule has 0 radical (unpaired) electrons. The van der Waals surface area contributed by atoms with E-state index in [9.17, 15) is 15.0 Å². The summed E-state index contributed by atoms with van der Waals surface area (Å²) in [6, 6.07) is 14.6. The molecule has 0 aliphatic rings. The highest BCUT2D eigenvalue weighted by Gasteiger charge is 2.21. The van der Waals surface area contributed by atoms with Gasteiger partial charge in [-0.15, -0.1) is 0 Å². The molecule has 2 unspecified atom stereocenters. The molecular weight excluding hydrogens is 354 g/mol. The van der Waals surface area contributed by atoms with E-state index in [2.05, 4.69) is 5.32 Å². The monoisotopic (exact) mass is 377 g/mol. The molecular formula is C20H24ClNO4. The zero-order valence-corrected chi connectivity index (χ0v) is 15.8. The summed E-state index contributed by atoms with van der Waals surface area (Å²) in [7, 11) is 0. The van der Waals surface area contributed by atoms with Crippen molar-refractivity contribution in [3.8, 4) is 11.1 Å². The minimum atomic E-state index is -1.15. The van der Waals surface area contributed by atoms with Crippen LogP contribution in [0.15, 0.2) is 48.5 Å². The SMILES string of the molecule is CC(C)(C)OC(=O)NCC(O)C(O)c1ccc(-c2ccc(Cl)cc2)cc1. The molecule has 0 fully saturated rings. The van der Waals surface area contributed by atoms with Gasteiger partial charge in [0.15, 0.2) is 0 Å². The van der Waals surface area contributed by atoms with Crippen LogP contribution in [-0.2, 0) is 4.74 Å². The molecule has 0 bridgehead atoms. The van der Waals surface area contributed by atoms with Crippen molar-refractivity contribution >= 4 is 17.7 Å². The van der Waals surface area contributed by atoms with Crippen LogP contribution in [0.2, 0.25) is 5.02 Å². The molecule has 0 aliphatic heterocycles. The van der Waals surface area contributed by atoms with Crippen LogP contribution in [0.25, 0.3) is 11.1 Å². The molecule has 2 aromatic carbocycles. The van der Waals surface area contributed by atoms with Crippen LogP contribution in [0, 0.1) is 0 Å². The Balaban J connectivity index is 1.95. The second kappa shape index (κ2) is 8.54. The first kappa shape index (κ1) is 20.2. The van der Waals surface area contributed by atoms with Crippen molar-refractivity contribution in [1.29, 1.82) is 0 Å². The third-order valence-corrected chi connectivity index (χ3v) is 3.90. The number of halogens is 1. The van der Waals surface area contributed by atoms with Gasteiger partial charge < -0.3 is 20.3 Å². The predicted molar refractivity (Wildman–Crippen MR) is 102 cm³/mol. The van der Waals surface area contributed by atoms with Crippen molar-refractivity contribution in [3.63, 3.8) is 0 Å². The van der Waals surface area contributed by atoms with E-state index in [1.807, 2.05) is 36.4 Å². The van der Waals surface area contributed by atoms with Gasteiger partial charge in [-0.05, 0) is 49.6 Å². The van der Waals surface area contributed by atoms with E-state index in [1.165, 1.54) is 0 Å². The van der Waals surface area contributed by atoms with Crippen LogP contribution in [0.1, 0.15) is 32.4 Å². The molecule has 2 atom stereocenters. The minimum Gasteiger partial charge on any atom is -0.444 e. The number of benzene rings is 2. The number of aliphatic hydroxyl groups excluding tert-OH is 2. The van der Waals surface area contributed by atoms with Gasteiger partial charge in [0.25, 0.3) is 0 Å². The third-order valence-electron chi connectivity index (χ3n) is 3.65. The fraction of sp³-hybridized carbons (Fsp3) is 0.350. The van der Waals surface area contributed by atoms with E-state index in [4.69, 9.17) is 16.3 Å². The van der Waals surface area contributed by atoms with E-state index < -0.39 is 23.9 Å². The molecule has 0 aromatic heterocycles. The molecule has 0 aliphatic carbocycles. The van der Waals surface area contributed by atoms with Crippen molar-refractivity contribution in [2.24, 2.45) is 0 Å². The number of amides is 1. The number of alkyl carbamates (subject to hydrolysis) is 1. The Morgan fingerprint density at radius 2 is 1.54 bits per heavy atom. The van der Waals surface area contributed by atoms with Crippen molar-refractivity contribution in [1.82, 2.24) is 5.32 Å². The number of carbonyl (C=O) groups is 1. The Bertz CT molecular complexity index is 723. The Morgan fingerprint density at radius 1 is 1.04 bits per heavy atom. The van der Waals surface area contributed by atoms with Crippen LogP contribution in [-0.4, -0.2) is 34.6 Å². The summed E-state index contributed by atoms with van der Waals surface area (Å²) >= 11 is 5.89. The van der Waals surface area contributed by atoms with Crippen molar-refractivity contribution in [2.45, 2.75) is 38.6 Å². The number of nitrogens with one attached hydrogen (secondary N) is 1. The first-order valence-electron chi connectivity index (χ1n) is 8.34. The van der Waals surface area contributed by atoms with Crippen molar-refractivity contribution < 1.29 is 19.7 Å². The molecule has 6 heteroatoms. The molecule has 5 nitrogen and oxygen atoms in total.